The summed E-state index contributed by atoms with van der Waals surface area (Å²) in [6.45, 7) is 0.124. The van der Waals surface area contributed by atoms with Gasteiger partial charge < -0.3 is 15.2 Å². The number of nitrogens with zero attached hydrogens (tertiary/aromatic N) is 3. The minimum absolute atomic E-state index is 0.121. The van der Waals surface area contributed by atoms with Crippen molar-refractivity contribution in [1.82, 2.24) is 15.5 Å². The van der Waals surface area contributed by atoms with E-state index in [-0.39, 0.29) is 12.4 Å². The van der Waals surface area contributed by atoms with Crippen molar-refractivity contribution in [3.05, 3.63) is 47.4 Å². The van der Waals surface area contributed by atoms with Crippen LogP contribution in [-0.4, -0.2) is 29.2 Å². The molecular formula is C14H16N6O3. The van der Waals surface area contributed by atoms with Crippen molar-refractivity contribution in [2.45, 2.75) is 6.61 Å². The zero-order valence-electron chi connectivity index (χ0n) is 12.4. The summed E-state index contributed by atoms with van der Waals surface area (Å²) in [5.74, 6) is 5.88. The molecule has 0 fully saturated rings. The fraction of sp³-hybridized carbons (Fsp3) is 0.143. The number of amidine groups is 1. The van der Waals surface area contributed by atoms with Crippen LogP contribution in [0.25, 0.3) is 0 Å². The van der Waals surface area contributed by atoms with E-state index in [1.54, 1.807) is 18.3 Å². The highest BCUT2D eigenvalue weighted by molar-refractivity contribution is 5.96. The maximum atomic E-state index is 11.1. The van der Waals surface area contributed by atoms with Gasteiger partial charge in [0.15, 0.2) is 12.1 Å². The van der Waals surface area contributed by atoms with Gasteiger partial charge in [-0.1, -0.05) is 6.07 Å². The van der Waals surface area contributed by atoms with Crippen LogP contribution >= 0.6 is 0 Å². The molecule has 9 heteroatoms. The number of hydrogen-bond acceptors (Lipinski definition) is 8. The number of rotatable bonds is 7. The first kappa shape index (κ1) is 16.2. The van der Waals surface area contributed by atoms with Gasteiger partial charge in [0.1, 0.15) is 18.1 Å². The first-order chi connectivity index (χ1) is 11.2. The molecular weight excluding hydrogens is 300 g/mol. The lowest BCUT2D eigenvalue weighted by Crippen LogP contribution is -2.25. The highest BCUT2D eigenvalue weighted by atomic mass is 16.5. The maximum Gasteiger partial charge on any atom is 0.213 e. The van der Waals surface area contributed by atoms with E-state index in [2.05, 4.69) is 20.6 Å². The summed E-state index contributed by atoms with van der Waals surface area (Å²) in [7, 11) is 1.47. The Balaban J connectivity index is 2.22. The molecule has 0 aliphatic heterocycles. The van der Waals surface area contributed by atoms with E-state index in [1.807, 2.05) is 0 Å². The number of nitrogens with two attached hydrogens (primary N) is 2. The molecule has 0 saturated heterocycles. The number of carbonyl (C=O) groups is 1. The Morgan fingerprint density at radius 2 is 2.30 bits per heavy atom. The van der Waals surface area contributed by atoms with Crippen LogP contribution in [0.5, 0.6) is 11.6 Å². The molecule has 2 aromatic rings. The number of nitrogens with one attached hydrogen (secondary N) is 1. The summed E-state index contributed by atoms with van der Waals surface area (Å²) in [5.41, 5.74) is 9.32. The van der Waals surface area contributed by atoms with Gasteiger partial charge in [-0.3, -0.25) is 9.78 Å². The molecule has 2 rings (SSSR count). The molecule has 2 aromatic heterocycles. The van der Waals surface area contributed by atoms with Crippen LogP contribution < -0.4 is 26.6 Å². The van der Waals surface area contributed by atoms with Gasteiger partial charge in [-0.2, -0.15) is 0 Å². The van der Waals surface area contributed by atoms with Crippen LogP contribution in [0, 0.1) is 0 Å². The van der Waals surface area contributed by atoms with Crippen molar-refractivity contribution >= 4 is 12.1 Å². The van der Waals surface area contributed by atoms with Crippen LogP contribution in [0.4, 0.5) is 0 Å². The number of ether oxygens (including phenoxy) is 2. The third kappa shape index (κ3) is 3.92. The van der Waals surface area contributed by atoms with Gasteiger partial charge in [0.2, 0.25) is 5.88 Å². The first-order valence-electron chi connectivity index (χ1n) is 6.54. The normalized spacial score (nSPS) is 11.0. The van der Waals surface area contributed by atoms with Gasteiger partial charge in [0.25, 0.3) is 0 Å². The highest BCUT2D eigenvalue weighted by Crippen LogP contribution is 2.21. The molecule has 5 N–H and O–H groups in total. The molecule has 0 amide bonds. The Morgan fingerprint density at radius 3 is 3.00 bits per heavy atom. The topological polar surface area (TPSA) is 138 Å². The third-order valence-corrected chi connectivity index (χ3v) is 2.91. The Bertz CT molecular complexity index is 719. The van der Waals surface area contributed by atoms with Gasteiger partial charge in [0.05, 0.1) is 18.9 Å². The summed E-state index contributed by atoms with van der Waals surface area (Å²) in [5, 5.41) is 3.69. The van der Waals surface area contributed by atoms with Crippen LogP contribution in [0.2, 0.25) is 0 Å². The number of carbonyl (C=O) groups excluding carboxylic acids is 1. The Labute approximate surface area is 132 Å². The molecule has 0 aliphatic rings. The third-order valence-electron chi connectivity index (χ3n) is 2.91. The van der Waals surface area contributed by atoms with Crippen molar-refractivity contribution in [3.63, 3.8) is 0 Å². The second kappa shape index (κ2) is 7.71. The molecule has 2 heterocycles. The fourth-order valence-corrected chi connectivity index (χ4v) is 1.83. The summed E-state index contributed by atoms with van der Waals surface area (Å²) in [6, 6.07) is 5.00. The summed E-state index contributed by atoms with van der Waals surface area (Å²) >= 11 is 0. The van der Waals surface area contributed by atoms with Gasteiger partial charge in [0, 0.05) is 17.8 Å². The summed E-state index contributed by atoms with van der Waals surface area (Å²) in [4.78, 5) is 19.3. The lowest BCUT2D eigenvalue weighted by molar-refractivity contribution is 0.111. The average Bonchev–Trinajstić information content (AvgIpc) is 2.60. The monoisotopic (exact) mass is 316 g/mol. The molecule has 0 saturated carbocycles. The largest absolute Gasteiger partial charge is 0.486 e. The van der Waals surface area contributed by atoms with Crippen molar-refractivity contribution < 1.29 is 14.3 Å². The van der Waals surface area contributed by atoms with Gasteiger partial charge in [-0.05, 0) is 6.07 Å². The van der Waals surface area contributed by atoms with E-state index in [1.165, 1.54) is 19.4 Å². The van der Waals surface area contributed by atoms with Crippen LogP contribution in [0.3, 0.4) is 0 Å². The molecule has 0 aromatic carbocycles. The minimum atomic E-state index is 0.121. The molecule has 0 bridgehead atoms. The predicted molar refractivity (Wildman–Crippen MR) is 82.8 cm³/mol. The number of aromatic nitrogens is 2. The molecule has 120 valence electrons. The highest BCUT2D eigenvalue weighted by Gasteiger charge is 2.11. The smallest absolute Gasteiger partial charge is 0.213 e. The number of hydrogen-bond donors (Lipinski definition) is 3. The van der Waals surface area contributed by atoms with Gasteiger partial charge in [-0.15, -0.1) is 5.10 Å². The summed E-state index contributed by atoms with van der Waals surface area (Å²) < 4.78 is 10.6. The molecule has 0 atom stereocenters. The number of methoxy groups -OCH3 is 1. The van der Waals surface area contributed by atoms with Crippen molar-refractivity contribution in [2.75, 3.05) is 7.11 Å². The van der Waals surface area contributed by atoms with E-state index in [0.717, 1.165) is 0 Å². The maximum absolute atomic E-state index is 11.1. The number of hydrazone groups is 1. The van der Waals surface area contributed by atoms with E-state index < -0.39 is 0 Å². The van der Waals surface area contributed by atoms with Gasteiger partial charge in [-0.25, -0.2) is 16.4 Å². The fourth-order valence-electron chi connectivity index (χ4n) is 1.83. The second-order valence-electron chi connectivity index (χ2n) is 4.31. The molecule has 23 heavy (non-hydrogen) atoms. The van der Waals surface area contributed by atoms with Crippen LogP contribution in [0.15, 0.2) is 35.7 Å². The van der Waals surface area contributed by atoms with Crippen LogP contribution in [0.1, 0.15) is 21.6 Å². The lowest BCUT2D eigenvalue weighted by atomic mass is 10.2. The zero-order valence-corrected chi connectivity index (χ0v) is 12.4. The molecule has 0 aliphatic carbocycles. The number of hydrazine groups is 1. The van der Waals surface area contributed by atoms with E-state index in [4.69, 9.17) is 21.1 Å². The Kier molecular flexibility index (Phi) is 5.42. The Morgan fingerprint density at radius 1 is 1.48 bits per heavy atom. The molecule has 0 unspecified atom stereocenters. The summed E-state index contributed by atoms with van der Waals surface area (Å²) in [6.07, 6.45) is 3.65. The SMILES string of the molecule is COc1cc(C=O)c(OCc2cccnc2/C(N)=N/NN)cn1. The number of aldehydes is 1. The lowest BCUT2D eigenvalue weighted by Gasteiger charge is -2.11. The van der Waals surface area contributed by atoms with Gasteiger partial charge >= 0.3 is 0 Å². The van der Waals surface area contributed by atoms with Crippen molar-refractivity contribution in [1.29, 1.82) is 0 Å². The van der Waals surface area contributed by atoms with Crippen molar-refractivity contribution in [2.24, 2.45) is 16.7 Å². The quantitative estimate of drug-likeness (QED) is 0.213. The predicted octanol–water partition coefficient (Wildman–Crippen LogP) is -0.0397. The van der Waals surface area contributed by atoms with E-state index >= 15 is 0 Å². The first-order valence-corrected chi connectivity index (χ1v) is 6.54. The minimum Gasteiger partial charge on any atom is -0.486 e. The number of pyridine rings is 2. The van der Waals surface area contributed by atoms with Crippen LogP contribution in [-0.2, 0) is 6.61 Å². The Hall–Kier alpha value is -3.20. The average molecular weight is 316 g/mol. The van der Waals surface area contributed by atoms with E-state index in [9.17, 15) is 4.79 Å². The zero-order chi connectivity index (χ0) is 16.7. The molecule has 0 radical (unpaired) electrons. The van der Waals surface area contributed by atoms with E-state index in [0.29, 0.717) is 34.7 Å². The van der Waals surface area contributed by atoms with Crippen molar-refractivity contribution in [3.8, 4) is 11.6 Å². The standard InChI is InChI=1S/C14H16N6O3/c1-22-12-5-10(7-21)11(6-18-12)23-8-9-3-2-4-17-13(9)14(15)19-20-16/h2-7,20H,8,16H2,1H3,(H2,15,19). The molecule has 9 nitrogen and oxygen atoms in total. The molecule has 0 spiro atoms. The second-order valence-corrected chi connectivity index (χ2v) is 4.31.